The highest BCUT2D eigenvalue weighted by atomic mass is 32.2. The number of thiophene rings is 1. The van der Waals surface area contributed by atoms with Gasteiger partial charge in [0.1, 0.15) is 0 Å². The Morgan fingerprint density at radius 1 is 1.57 bits per heavy atom. The standard InChI is InChI=1S/C13H17N3O3S2/c1-9(7-19-2)6-16-12(10-4-3-5-20-10)14-15-13(16)21-8-11(17)18/h3-5,9H,6-8H2,1-2H3,(H,17,18). The molecule has 0 saturated heterocycles. The zero-order chi connectivity index (χ0) is 15.2. The van der Waals surface area contributed by atoms with Crippen LogP contribution in [0.2, 0.25) is 0 Å². The van der Waals surface area contributed by atoms with Crippen molar-refractivity contribution < 1.29 is 14.6 Å². The highest BCUT2D eigenvalue weighted by Gasteiger charge is 2.18. The number of nitrogens with zero attached hydrogens (tertiary/aromatic N) is 3. The van der Waals surface area contributed by atoms with Crippen LogP contribution in [0.1, 0.15) is 6.92 Å². The minimum Gasteiger partial charge on any atom is -0.481 e. The molecular formula is C13H17N3O3S2. The monoisotopic (exact) mass is 327 g/mol. The van der Waals surface area contributed by atoms with E-state index in [1.165, 1.54) is 11.8 Å². The van der Waals surface area contributed by atoms with Gasteiger partial charge >= 0.3 is 5.97 Å². The lowest BCUT2D eigenvalue weighted by Crippen LogP contribution is -2.14. The number of thioether (sulfide) groups is 1. The van der Waals surface area contributed by atoms with Crippen molar-refractivity contribution in [3.8, 4) is 10.7 Å². The number of ether oxygens (including phenoxy) is 1. The van der Waals surface area contributed by atoms with Gasteiger partial charge in [0.05, 0.1) is 17.2 Å². The molecule has 2 heterocycles. The molecule has 0 aromatic carbocycles. The Bertz CT molecular complexity index is 584. The van der Waals surface area contributed by atoms with E-state index in [0.29, 0.717) is 18.3 Å². The largest absolute Gasteiger partial charge is 0.481 e. The zero-order valence-electron chi connectivity index (χ0n) is 11.9. The second-order valence-electron chi connectivity index (χ2n) is 4.64. The SMILES string of the molecule is COCC(C)Cn1c(SCC(=O)O)nnc1-c1cccs1. The van der Waals surface area contributed by atoms with Gasteiger partial charge in [0.2, 0.25) is 0 Å². The van der Waals surface area contributed by atoms with Crippen LogP contribution in [-0.2, 0) is 16.1 Å². The maximum atomic E-state index is 10.7. The van der Waals surface area contributed by atoms with Crippen LogP contribution in [0.4, 0.5) is 0 Å². The fourth-order valence-corrected chi connectivity index (χ4v) is 3.31. The lowest BCUT2D eigenvalue weighted by atomic mass is 10.2. The molecule has 0 aliphatic carbocycles. The Kier molecular flexibility index (Phi) is 5.77. The molecular weight excluding hydrogens is 310 g/mol. The van der Waals surface area contributed by atoms with E-state index in [4.69, 9.17) is 9.84 Å². The van der Waals surface area contributed by atoms with Crippen molar-refractivity contribution >= 4 is 29.1 Å². The van der Waals surface area contributed by atoms with E-state index in [0.717, 1.165) is 10.7 Å². The first-order valence-electron chi connectivity index (χ1n) is 6.42. The number of rotatable bonds is 8. The molecule has 1 atom stereocenters. The van der Waals surface area contributed by atoms with Crippen LogP contribution in [0.25, 0.3) is 10.7 Å². The molecule has 0 aliphatic rings. The van der Waals surface area contributed by atoms with Gasteiger partial charge in [0, 0.05) is 13.7 Å². The Morgan fingerprint density at radius 3 is 3.00 bits per heavy atom. The van der Waals surface area contributed by atoms with E-state index in [-0.39, 0.29) is 11.7 Å². The summed E-state index contributed by atoms with van der Waals surface area (Å²) in [7, 11) is 1.67. The molecule has 0 spiro atoms. The molecule has 21 heavy (non-hydrogen) atoms. The number of hydrogen-bond donors (Lipinski definition) is 1. The minimum absolute atomic E-state index is 0.0266. The second-order valence-corrected chi connectivity index (χ2v) is 6.53. The van der Waals surface area contributed by atoms with Crippen LogP contribution in [0.15, 0.2) is 22.7 Å². The van der Waals surface area contributed by atoms with Crippen LogP contribution < -0.4 is 0 Å². The van der Waals surface area contributed by atoms with Crippen molar-refractivity contribution in [1.82, 2.24) is 14.8 Å². The van der Waals surface area contributed by atoms with E-state index in [1.807, 2.05) is 22.1 Å². The molecule has 0 amide bonds. The van der Waals surface area contributed by atoms with E-state index >= 15 is 0 Å². The van der Waals surface area contributed by atoms with Crippen molar-refractivity contribution in [3.05, 3.63) is 17.5 Å². The van der Waals surface area contributed by atoms with Crippen LogP contribution in [0.5, 0.6) is 0 Å². The van der Waals surface area contributed by atoms with Gasteiger partial charge in [0.25, 0.3) is 0 Å². The smallest absolute Gasteiger partial charge is 0.313 e. The van der Waals surface area contributed by atoms with Crippen LogP contribution in [-0.4, -0.2) is 45.3 Å². The summed E-state index contributed by atoms with van der Waals surface area (Å²) >= 11 is 2.78. The number of aliphatic carboxylic acids is 1. The molecule has 0 fully saturated rings. The molecule has 2 rings (SSSR count). The summed E-state index contributed by atoms with van der Waals surface area (Å²) in [5, 5.41) is 19.8. The van der Waals surface area contributed by atoms with Gasteiger partial charge in [-0.2, -0.15) is 0 Å². The molecule has 0 saturated carbocycles. The number of carbonyl (C=O) groups is 1. The van der Waals surface area contributed by atoms with E-state index < -0.39 is 5.97 Å². The number of hydrogen-bond acceptors (Lipinski definition) is 6. The van der Waals surface area contributed by atoms with Gasteiger partial charge in [-0.25, -0.2) is 0 Å². The highest BCUT2D eigenvalue weighted by Crippen LogP contribution is 2.28. The lowest BCUT2D eigenvalue weighted by molar-refractivity contribution is -0.133. The molecule has 0 bridgehead atoms. The first kappa shape index (κ1) is 16.0. The van der Waals surface area contributed by atoms with Gasteiger partial charge in [-0.15, -0.1) is 21.5 Å². The predicted octanol–water partition coefficient (Wildman–Crippen LogP) is 2.47. The quantitative estimate of drug-likeness (QED) is 0.751. The highest BCUT2D eigenvalue weighted by molar-refractivity contribution is 7.99. The summed E-state index contributed by atoms with van der Waals surface area (Å²) in [6.07, 6.45) is 0. The third-order valence-corrected chi connectivity index (χ3v) is 4.55. The van der Waals surface area contributed by atoms with Crippen molar-refractivity contribution in [1.29, 1.82) is 0 Å². The van der Waals surface area contributed by atoms with Gasteiger partial charge in [-0.05, 0) is 17.4 Å². The first-order chi connectivity index (χ1) is 10.1. The summed E-state index contributed by atoms with van der Waals surface area (Å²) in [6.45, 7) is 3.40. The summed E-state index contributed by atoms with van der Waals surface area (Å²) in [4.78, 5) is 11.8. The normalized spacial score (nSPS) is 12.5. The molecule has 2 aromatic rings. The zero-order valence-corrected chi connectivity index (χ0v) is 13.5. The van der Waals surface area contributed by atoms with Crippen LogP contribution in [0, 0.1) is 5.92 Å². The van der Waals surface area contributed by atoms with Crippen molar-refractivity contribution in [2.45, 2.75) is 18.6 Å². The summed E-state index contributed by atoms with van der Waals surface area (Å²) in [5.41, 5.74) is 0. The maximum absolute atomic E-state index is 10.7. The average Bonchev–Trinajstić information content (AvgIpc) is 3.05. The van der Waals surface area contributed by atoms with Crippen molar-refractivity contribution in [2.24, 2.45) is 5.92 Å². The van der Waals surface area contributed by atoms with Crippen LogP contribution in [0.3, 0.4) is 0 Å². The molecule has 8 heteroatoms. The molecule has 0 radical (unpaired) electrons. The number of carboxylic acids is 1. The Hall–Kier alpha value is -1.38. The Balaban J connectivity index is 2.26. The van der Waals surface area contributed by atoms with E-state index in [1.54, 1.807) is 18.4 Å². The number of aromatic nitrogens is 3. The van der Waals surface area contributed by atoms with Crippen LogP contribution >= 0.6 is 23.1 Å². The fourth-order valence-electron chi connectivity index (χ4n) is 1.92. The molecule has 0 aliphatic heterocycles. The average molecular weight is 327 g/mol. The predicted molar refractivity (Wildman–Crippen MR) is 82.7 cm³/mol. The maximum Gasteiger partial charge on any atom is 0.313 e. The Labute approximate surface area is 131 Å². The number of carboxylic acid groups (broad SMARTS) is 1. The number of methoxy groups -OCH3 is 1. The minimum atomic E-state index is -0.864. The third kappa shape index (κ3) is 4.29. The Morgan fingerprint density at radius 2 is 2.38 bits per heavy atom. The summed E-state index contributed by atoms with van der Waals surface area (Å²) in [6, 6.07) is 3.94. The van der Waals surface area contributed by atoms with E-state index in [2.05, 4.69) is 17.1 Å². The van der Waals surface area contributed by atoms with Gasteiger partial charge in [-0.1, -0.05) is 24.8 Å². The molecule has 2 aromatic heterocycles. The molecule has 6 nitrogen and oxygen atoms in total. The van der Waals surface area contributed by atoms with Crippen molar-refractivity contribution in [2.75, 3.05) is 19.5 Å². The topological polar surface area (TPSA) is 77.2 Å². The summed E-state index contributed by atoms with van der Waals surface area (Å²) < 4.78 is 7.14. The second kappa shape index (κ2) is 7.58. The summed E-state index contributed by atoms with van der Waals surface area (Å²) in [5.74, 6) is 0.174. The van der Waals surface area contributed by atoms with Gasteiger partial charge in [-0.3, -0.25) is 4.79 Å². The third-order valence-electron chi connectivity index (χ3n) is 2.73. The lowest BCUT2D eigenvalue weighted by Gasteiger charge is -2.14. The molecule has 1 N–H and O–H groups in total. The first-order valence-corrected chi connectivity index (χ1v) is 8.29. The molecule has 1 unspecified atom stereocenters. The van der Waals surface area contributed by atoms with Gasteiger partial charge < -0.3 is 14.4 Å². The fraction of sp³-hybridized carbons (Fsp3) is 0.462. The van der Waals surface area contributed by atoms with E-state index in [9.17, 15) is 4.79 Å². The molecule has 114 valence electrons. The van der Waals surface area contributed by atoms with Gasteiger partial charge in [0.15, 0.2) is 11.0 Å². The van der Waals surface area contributed by atoms with Crippen molar-refractivity contribution in [3.63, 3.8) is 0 Å².